The average Bonchev–Trinajstić information content (AvgIpc) is 3.24. The summed E-state index contributed by atoms with van der Waals surface area (Å²) in [5.74, 6) is 2.71. The van der Waals surface area contributed by atoms with Crippen LogP contribution in [0.15, 0.2) is 11.6 Å². The van der Waals surface area contributed by atoms with Crippen molar-refractivity contribution in [3.63, 3.8) is 0 Å². The lowest BCUT2D eigenvalue weighted by Gasteiger charge is -2.61. The third-order valence-electron chi connectivity index (χ3n) is 10.2. The van der Waals surface area contributed by atoms with Gasteiger partial charge in [-0.15, -0.1) is 0 Å². The highest BCUT2D eigenvalue weighted by atomic mass is 33.1. The van der Waals surface area contributed by atoms with Crippen molar-refractivity contribution < 1.29 is 9.53 Å². The van der Waals surface area contributed by atoms with Crippen molar-refractivity contribution >= 4 is 27.6 Å². The molecule has 0 aromatic carbocycles. The standard InChI is InChI=1S/C25H35NO2S2/c1-16(27)28-24(4)8-6-20-21-17(15-26)13-18-14-25(11-12-29-30-25)10-9-22(18,2)19(21)5-7-23(20,24)3/h14,17,19-21H,5-13H2,1-4H3/t17-,19-,20-,21+,22-,23-,24-,25?/m0/s1. The maximum Gasteiger partial charge on any atom is 0.303 e. The Labute approximate surface area is 189 Å². The van der Waals surface area contributed by atoms with Gasteiger partial charge in [0.2, 0.25) is 0 Å². The summed E-state index contributed by atoms with van der Waals surface area (Å²) in [5.41, 5.74) is 1.44. The molecule has 3 nitrogen and oxygen atoms in total. The lowest BCUT2D eigenvalue weighted by atomic mass is 9.44. The van der Waals surface area contributed by atoms with Gasteiger partial charge in [0.1, 0.15) is 5.60 Å². The van der Waals surface area contributed by atoms with Gasteiger partial charge in [-0.25, -0.2) is 0 Å². The highest BCUT2D eigenvalue weighted by Crippen LogP contribution is 2.70. The largest absolute Gasteiger partial charge is 0.459 e. The molecule has 164 valence electrons. The monoisotopic (exact) mass is 445 g/mol. The number of fused-ring (bicyclic) bond motifs is 5. The van der Waals surface area contributed by atoms with Crippen LogP contribution in [0.1, 0.15) is 79.1 Å². The second kappa shape index (κ2) is 6.95. The SMILES string of the molecule is CC(=O)O[C@@]1(C)CC[C@H]2[C@@H]3[C@H](C#N)CC4=CC5(CCSS5)CC[C@]4(C)[C@H]3CC[C@@]21C. The number of carbonyl (C=O) groups is 1. The van der Waals surface area contributed by atoms with E-state index in [0.717, 1.165) is 32.1 Å². The molecule has 5 aliphatic rings. The minimum atomic E-state index is -0.389. The van der Waals surface area contributed by atoms with E-state index in [1.807, 2.05) is 10.8 Å². The van der Waals surface area contributed by atoms with Crippen molar-refractivity contribution in [3.05, 3.63) is 11.6 Å². The number of carbonyl (C=O) groups excluding carboxylic acids is 1. The zero-order valence-corrected chi connectivity index (χ0v) is 20.5. The number of allylic oxidation sites excluding steroid dienone is 1. The summed E-state index contributed by atoms with van der Waals surface area (Å²) in [7, 11) is 4.12. The van der Waals surface area contributed by atoms with E-state index in [2.05, 4.69) is 43.7 Å². The lowest BCUT2D eigenvalue weighted by molar-refractivity contribution is -0.179. The van der Waals surface area contributed by atoms with Gasteiger partial charge in [0.25, 0.3) is 0 Å². The molecule has 0 radical (unpaired) electrons. The van der Waals surface area contributed by atoms with Gasteiger partial charge in [-0.3, -0.25) is 4.79 Å². The van der Waals surface area contributed by atoms with Gasteiger partial charge >= 0.3 is 5.97 Å². The summed E-state index contributed by atoms with van der Waals surface area (Å²) >= 11 is 0. The van der Waals surface area contributed by atoms with Crippen molar-refractivity contribution in [1.82, 2.24) is 0 Å². The van der Waals surface area contributed by atoms with E-state index < -0.39 is 0 Å². The van der Waals surface area contributed by atoms with Crippen LogP contribution in [-0.2, 0) is 9.53 Å². The Morgan fingerprint density at radius 1 is 1.13 bits per heavy atom. The number of ether oxygens (including phenoxy) is 1. The van der Waals surface area contributed by atoms with Crippen LogP contribution < -0.4 is 0 Å². The molecule has 0 N–H and O–H groups in total. The zero-order valence-electron chi connectivity index (χ0n) is 18.8. The highest BCUT2D eigenvalue weighted by molar-refractivity contribution is 8.77. The highest BCUT2D eigenvalue weighted by Gasteiger charge is 2.66. The zero-order chi connectivity index (χ0) is 21.4. The van der Waals surface area contributed by atoms with Crippen LogP contribution in [0, 0.1) is 45.8 Å². The van der Waals surface area contributed by atoms with Gasteiger partial charge < -0.3 is 4.74 Å². The molecule has 1 heterocycles. The molecule has 0 bridgehead atoms. The van der Waals surface area contributed by atoms with Crippen LogP contribution in [0.2, 0.25) is 0 Å². The molecule has 5 heteroatoms. The van der Waals surface area contributed by atoms with E-state index in [9.17, 15) is 10.1 Å². The van der Waals surface area contributed by atoms with Crippen LogP contribution in [-0.4, -0.2) is 22.1 Å². The molecule has 8 atom stereocenters. The first-order chi connectivity index (χ1) is 14.2. The number of nitrogens with zero attached hydrogens (tertiary/aromatic N) is 1. The molecule has 5 rings (SSSR count). The van der Waals surface area contributed by atoms with E-state index in [4.69, 9.17) is 4.74 Å². The molecule has 1 spiro atoms. The van der Waals surface area contributed by atoms with Crippen molar-refractivity contribution in [2.24, 2.45) is 34.5 Å². The van der Waals surface area contributed by atoms with Crippen molar-refractivity contribution in [3.8, 4) is 6.07 Å². The van der Waals surface area contributed by atoms with Gasteiger partial charge in [0, 0.05) is 22.8 Å². The Morgan fingerprint density at radius 3 is 2.57 bits per heavy atom. The van der Waals surface area contributed by atoms with Crippen LogP contribution >= 0.6 is 21.6 Å². The summed E-state index contributed by atoms with van der Waals surface area (Å²) in [6, 6.07) is 2.77. The molecule has 0 aromatic rings. The smallest absolute Gasteiger partial charge is 0.303 e. The third kappa shape index (κ3) is 2.81. The molecule has 4 fully saturated rings. The normalized spacial score (nSPS) is 52.0. The Morgan fingerprint density at radius 2 is 1.90 bits per heavy atom. The minimum Gasteiger partial charge on any atom is -0.459 e. The van der Waals surface area contributed by atoms with Gasteiger partial charge in [0.15, 0.2) is 0 Å². The number of hydrogen-bond donors (Lipinski definition) is 0. The fourth-order valence-electron chi connectivity index (χ4n) is 8.30. The first-order valence-corrected chi connectivity index (χ1v) is 14.1. The summed E-state index contributed by atoms with van der Waals surface area (Å²) in [5, 5.41) is 10.3. The first kappa shape index (κ1) is 21.3. The fourth-order valence-corrected chi connectivity index (χ4v) is 11.6. The van der Waals surface area contributed by atoms with Crippen LogP contribution in [0.3, 0.4) is 0 Å². The molecule has 1 unspecified atom stereocenters. The van der Waals surface area contributed by atoms with Gasteiger partial charge in [-0.2, -0.15) is 5.26 Å². The third-order valence-corrected chi connectivity index (χ3v) is 13.4. The Bertz CT molecular complexity index is 827. The fraction of sp³-hybridized carbons (Fsp3) is 0.840. The van der Waals surface area contributed by atoms with Gasteiger partial charge in [-0.1, -0.05) is 47.1 Å². The number of hydrogen-bond acceptors (Lipinski definition) is 5. The van der Waals surface area contributed by atoms with Crippen molar-refractivity contribution in [1.29, 1.82) is 5.26 Å². The topological polar surface area (TPSA) is 50.1 Å². The van der Waals surface area contributed by atoms with Crippen LogP contribution in [0.25, 0.3) is 0 Å². The second-order valence-corrected chi connectivity index (χ2v) is 14.2. The number of rotatable bonds is 1. The van der Waals surface area contributed by atoms with Gasteiger partial charge in [0.05, 0.1) is 12.0 Å². The first-order valence-electron chi connectivity index (χ1n) is 11.8. The van der Waals surface area contributed by atoms with Crippen LogP contribution in [0.4, 0.5) is 0 Å². The second-order valence-electron chi connectivity index (χ2n) is 11.4. The Kier molecular flexibility index (Phi) is 4.92. The molecule has 0 amide bonds. The predicted octanol–water partition coefficient (Wildman–Crippen LogP) is 6.54. The molecule has 0 aromatic heterocycles. The molecule has 1 aliphatic heterocycles. The van der Waals surface area contributed by atoms with Crippen LogP contribution in [0.5, 0.6) is 0 Å². The maximum absolute atomic E-state index is 11.9. The van der Waals surface area contributed by atoms with Gasteiger partial charge in [-0.05, 0) is 81.5 Å². The average molecular weight is 446 g/mol. The summed E-state index contributed by atoms with van der Waals surface area (Å²) in [6.07, 6.45) is 11.7. The van der Waals surface area contributed by atoms with Crippen molar-refractivity contribution in [2.45, 2.75) is 89.4 Å². The summed E-state index contributed by atoms with van der Waals surface area (Å²) in [6.45, 7) is 8.58. The van der Waals surface area contributed by atoms with E-state index in [1.165, 1.54) is 25.0 Å². The molecular weight excluding hydrogens is 410 g/mol. The van der Waals surface area contributed by atoms with E-state index in [-0.39, 0.29) is 28.3 Å². The minimum absolute atomic E-state index is 0.0135. The Hall–Kier alpha value is -0.600. The molecular formula is C25H35NO2S2. The molecule has 4 aliphatic carbocycles. The summed E-state index contributed by atoms with van der Waals surface area (Å²) < 4.78 is 6.31. The number of nitriles is 1. The molecule has 30 heavy (non-hydrogen) atoms. The van der Waals surface area contributed by atoms with E-state index >= 15 is 0 Å². The predicted molar refractivity (Wildman–Crippen MR) is 124 cm³/mol. The van der Waals surface area contributed by atoms with E-state index in [1.54, 1.807) is 12.5 Å². The molecule has 3 saturated carbocycles. The van der Waals surface area contributed by atoms with Crippen molar-refractivity contribution in [2.75, 3.05) is 5.75 Å². The quantitative estimate of drug-likeness (QED) is 0.260. The van der Waals surface area contributed by atoms with E-state index in [0.29, 0.717) is 22.5 Å². The molecule has 1 saturated heterocycles. The Balaban J connectivity index is 1.51. The maximum atomic E-state index is 11.9. The summed E-state index contributed by atoms with van der Waals surface area (Å²) in [4.78, 5) is 11.9. The lowest BCUT2D eigenvalue weighted by Crippen LogP contribution is -2.57. The number of esters is 1.